The molecule has 3 aromatic rings. The second-order valence-electron chi connectivity index (χ2n) is 6.36. The van der Waals surface area contributed by atoms with Gasteiger partial charge in [0.15, 0.2) is 0 Å². The van der Waals surface area contributed by atoms with Crippen molar-refractivity contribution in [2.75, 3.05) is 26.2 Å². The normalized spacial score (nSPS) is 11.3. The van der Waals surface area contributed by atoms with Crippen LogP contribution in [0.25, 0.3) is 16.8 Å². The zero-order chi connectivity index (χ0) is 18.9. The Balaban J connectivity index is 1.51. The summed E-state index contributed by atoms with van der Waals surface area (Å²) < 4.78 is 0. The molecule has 0 spiro atoms. The summed E-state index contributed by atoms with van der Waals surface area (Å²) in [7, 11) is 0. The number of likely N-dealkylation sites (N-methyl/N-ethyl adjacent to an activating group) is 1. The van der Waals surface area contributed by atoms with E-state index < -0.39 is 0 Å². The molecule has 1 aromatic heterocycles. The van der Waals surface area contributed by atoms with Gasteiger partial charge < -0.3 is 5.32 Å². The maximum atomic E-state index is 12.6. The van der Waals surface area contributed by atoms with Crippen molar-refractivity contribution in [1.82, 2.24) is 15.2 Å². The number of hydrogen-bond donors (Lipinski definition) is 1. The topological polar surface area (TPSA) is 45.2 Å². The maximum Gasteiger partial charge on any atom is 0.251 e. The summed E-state index contributed by atoms with van der Waals surface area (Å²) in [5.41, 5.74) is 1.90. The van der Waals surface area contributed by atoms with Gasteiger partial charge in [-0.2, -0.15) is 0 Å². The number of amides is 1. The van der Waals surface area contributed by atoms with Crippen LogP contribution in [-0.2, 0) is 0 Å². The molecule has 4 nitrogen and oxygen atoms in total. The highest BCUT2D eigenvalue weighted by Crippen LogP contribution is 2.17. The molecule has 1 N–H and O–H groups in total. The Bertz CT molecular complexity index is 900. The van der Waals surface area contributed by atoms with Gasteiger partial charge in [-0.05, 0) is 29.6 Å². The van der Waals surface area contributed by atoms with E-state index in [1.165, 1.54) is 5.56 Å². The van der Waals surface area contributed by atoms with Gasteiger partial charge in [-0.15, -0.1) is 0 Å². The van der Waals surface area contributed by atoms with E-state index in [4.69, 9.17) is 0 Å². The van der Waals surface area contributed by atoms with Crippen LogP contribution in [0.3, 0.4) is 0 Å². The second kappa shape index (κ2) is 9.64. The number of hydrogen-bond acceptors (Lipinski definition) is 3. The first-order valence-corrected chi connectivity index (χ1v) is 9.33. The summed E-state index contributed by atoms with van der Waals surface area (Å²) in [6.07, 6.45) is 7.80. The molecule has 0 aliphatic rings. The number of benzene rings is 2. The van der Waals surface area contributed by atoms with Gasteiger partial charge in [0.2, 0.25) is 0 Å². The van der Waals surface area contributed by atoms with Gasteiger partial charge in [0.25, 0.3) is 5.91 Å². The van der Waals surface area contributed by atoms with Crippen molar-refractivity contribution < 1.29 is 4.79 Å². The lowest BCUT2D eigenvalue weighted by Gasteiger charge is -2.18. The average Bonchev–Trinajstić information content (AvgIpc) is 2.73. The smallest absolute Gasteiger partial charge is 0.251 e. The van der Waals surface area contributed by atoms with Crippen molar-refractivity contribution in [3.05, 3.63) is 84.2 Å². The SMILES string of the molecule is CCN(C/C=C/c1ccccc1)CCNC(=O)c1cccc2cnccc12. The number of carbonyl (C=O) groups excluding carboxylic acids is 1. The predicted octanol–water partition coefficient (Wildman–Crippen LogP) is 4.00. The van der Waals surface area contributed by atoms with Gasteiger partial charge in [0.05, 0.1) is 0 Å². The molecule has 1 amide bonds. The number of nitrogens with one attached hydrogen (secondary N) is 1. The van der Waals surface area contributed by atoms with E-state index >= 15 is 0 Å². The van der Waals surface area contributed by atoms with Gasteiger partial charge in [-0.1, -0.05) is 61.5 Å². The molecule has 0 saturated heterocycles. The highest BCUT2D eigenvalue weighted by molar-refractivity contribution is 6.06. The highest BCUT2D eigenvalue weighted by Gasteiger charge is 2.09. The molecule has 4 heteroatoms. The quantitative estimate of drug-likeness (QED) is 0.661. The van der Waals surface area contributed by atoms with E-state index in [1.807, 2.05) is 42.5 Å². The van der Waals surface area contributed by atoms with E-state index in [-0.39, 0.29) is 5.91 Å². The second-order valence-corrected chi connectivity index (χ2v) is 6.36. The van der Waals surface area contributed by atoms with Crippen molar-refractivity contribution in [3.8, 4) is 0 Å². The summed E-state index contributed by atoms with van der Waals surface area (Å²) in [5, 5.41) is 4.95. The van der Waals surface area contributed by atoms with Gasteiger partial charge >= 0.3 is 0 Å². The monoisotopic (exact) mass is 359 g/mol. The highest BCUT2D eigenvalue weighted by atomic mass is 16.1. The Morgan fingerprint density at radius 2 is 1.96 bits per heavy atom. The lowest BCUT2D eigenvalue weighted by molar-refractivity contribution is 0.0951. The Labute approximate surface area is 160 Å². The number of pyridine rings is 1. The molecule has 3 rings (SSSR count). The summed E-state index contributed by atoms with van der Waals surface area (Å²) in [5.74, 6) is -0.0392. The molecule has 0 unspecified atom stereocenters. The van der Waals surface area contributed by atoms with Gasteiger partial charge in [-0.25, -0.2) is 0 Å². The van der Waals surface area contributed by atoms with E-state index in [0.29, 0.717) is 12.1 Å². The molecule has 0 fully saturated rings. The van der Waals surface area contributed by atoms with Crippen molar-refractivity contribution >= 4 is 22.8 Å². The first kappa shape index (κ1) is 18.8. The largest absolute Gasteiger partial charge is 0.351 e. The fourth-order valence-corrected chi connectivity index (χ4v) is 3.02. The van der Waals surface area contributed by atoms with Crippen LogP contribution in [0.2, 0.25) is 0 Å². The van der Waals surface area contributed by atoms with Gasteiger partial charge in [0, 0.05) is 43.0 Å². The van der Waals surface area contributed by atoms with Crippen LogP contribution in [-0.4, -0.2) is 42.0 Å². The zero-order valence-electron chi connectivity index (χ0n) is 15.6. The predicted molar refractivity (Wildman–Crippen MR) is 112 cm³/mol. The third kappa shape index (κ3) is 5.25. The van der Waals surface area contributed by atoms with Crippen molar-refractivity contribution in [3.63, 3.8) is 0 Å². The number of aromatic nitrogens is 1. The Morgan fingerprint density at radius 3 is 2.78 bits per heavy atom. The van der Waals surface area contributed by atoms with Crippen molar-refractivity contribution in [2.24, 2.45) is 0 Å². The molecule has 0 radical (unpaired) electrons. The Kier molecular flexibility index (Phi) is 6.72. The molecule has 0 saturated carbocycles. The molecule has 1 heterocycles. The number of carbonyl (C=O) groups is 1. The first-order chi connectivity index (χ1) is 13.3. The summed E-state index contributed by atoms with van der Waals surface area (Å²) in [4.78, 5) is 19.0. The maximum absolute atomic E-state index is 12.6. The van der Waals surface area contributed by atoms with E-state index in [9.17, 15) is 4.79 Å². The van der Waals surface area contributed by atoms with Crippen LogP contribution >= 0.6 is 0 Å². The number of rotatable bonds is 8. The first-order valence-electron chi connectivity index (χ1n) is 9.33. The fraction of sp³-hybridized carbons (Fsp3) is 0.217. The third-order valence-corrected chi connectivity index (χ3v) is 4.56. The minimum absolute atomic E-state index is 0.0392. The molecule has 0 aliphatic heterocycles. The van der Waals surface area contributed by atoms with Crippen LogP contribution in [0.1, 0.15) is 22.8 Å². The Morgan fingerprint density at radius 1 is 1.11 bits per heavy atom. The standard InChI is InChI=1S/C23H25N3O/c1-2-26(16-7-10-19-8-4-3-5-9-19)17-15-25-23(27)22-12-6-11-20-18-24-14-13-21(20)22/h3-14,18H,2,15-17H2,1H3,(H,25,27)/b10-7+. The van der Waals surface area contributed by atoms with Crippen LogP contribution < -0.4 is 5.32 Å². The molecule has 0 bridgehead atoms. The zero-order valence-corrected chi connectivity index (χ0v) is 15.6. The van der Waals surface area contributed by atoms with Crippen molar-refractivity contribution in [2.45, 2.75) is 6.92 Å². The number of fused-ring (bicyclic) bond motifs is 1. The van der Waals surface area contributed by atoms with Crippen LogP contribution in [0.5, 0.6) is 0 Å². The van der Waals surface area contributed by atoms with E-state index in [1.54, 1.807) is 12.4 Å². The lowest BCUT2D eigenvalue weighted by Crippen LogP contribution is -2.35. The minimum atomic E-state index is -0.0392. The fourth-order valence-electron chi connectivity index (χ4n) is 3.02. The molecular weight excluding hydrogens is 334 g/mol. The summed E-state index contributed by atoms with van der Waals surface area (Å²) >= 11 is 0. The minimum Gasteiger partial charge on any atom is -0.351 e. The van der Waals surface area contributed by atoms with E-state index in [2.05, 4.69) is 46.4 Å². The lowest BCUT2D eigenvalue weighted by atomic mass is 10.1. The van der Waals surface area contributed by atoms with Crippen LogP contribution in [0.15, 0.2) is 73.1 Å². The van der Waals surface area contributed by atoms with Crippen LogP contribution in [0.4, 0.5) is 0 Å². The summed E-state index contributed by atoms with van der Waals surface area (Å²) in [6.45, 7) is 5.37. The number of nitrogens with zero attached hydrogens (tertiary/aromatic N) is 2. The molecule has 138 valence electrons. The van der Waals surface area contributed by atoms with Gasteiger partial charge in [0.1, 0.15) is 0 Å². The molecular formula is C23H25N3O. The summed E-state index contributed by atoms with van der Waals surface area (Å²) in [6, 6.07) is 17.9. The van der Waals surface area contributed by atoms with E-state index in [0.717, 1.165) is 30.4 Å². The molecule has 27 heavy (non-hydrogen) atoms. The average molecular weight is 359 g/mol. The van der Waals surface area contributed by atoms with Crippen molar-refractivity contribution in [1.29, 1.82) is 0 Å². The van der Waals surface area contributed by atoms with Crippen LogP contribution in [0, 0.1) is 0 Å². The molecule has 2 aromatic carbocycles. The third-order valence-electron chi connectivity index (χ3n) is 4.56. The van der Waals surface area contributed by atoms with Gasteiger partial charge in [-0.3, -0.25) is 14.7 Å². The molecule has 0 atom stereocenters. The molecule has 0 aliphatic carbocycles. The Hall–Kier alpha value is -2.98.